The van der Waals surface area contributed by atoms with Gasteiger partial charge in [-0.15, -0.1) is 0 Å². The molecule has 0 amide bonds. The molecule has 9 heteroatoms. The number of rotatable bonds is 4. The average Bonchev–Trinajstić information content (AvgIpc) is 2.80. The van der Waals surface area contributed by atoms with Crippen molar-refractivity contribution in [2.45, 2.75) is 45.4 Å². The van der Waals surface area contributed by atoms with Gasteiger partial charge in [0, 0.05) is 24.6 Å². The number of alkyl halides is 2. The van der Waals surface area contributed by atoms with Gasteiger partial charge in [-0.3, -0.25) is 0 Å². The van der Waals surface area contributed by atoms with E-state index in [0.29, 0.717) is 12.2 Å². The van der Waals surface area contributed by atoms with Crippen molar-refractivity contribution in [3.05, 3.63) is 70.7 Å². The normalized spacial score (nSPS) is 16.7. The number of anilines is 1. The number of benzene rings is 2. The van der Waals surface area contributed by atoms with Gasteiger partial charge in [-0.05, 0) is 55.6 Å². The molecule has 2 aromatic carbocycles. The molecule has 34 heavy (non-hydrogen) atoms. The Bertz CT molecular complexity index is 1250. The number of hydrogen-bond donors (Lipinski definition) is 1. The van der Waals surface area contributed by atoms with Gasteiger partial charge in [-0.2, -0.15) is 8.78 Å². The molecule has 0 atom stereocenters. The molecule has 0 saturated heterocycles. The number of halogens is 4. The van der Waals surface area contributed by atoms with Crippen molar-refractivity contribution in [2.24, 2.45) is 0 Å². The molecule has 0 saturated carbocycles. The van der Waals surface area contributed by atoms with Gasteiger partial charge in [-0.1, -0.05) is 18.2 Å². The third-order valence-corrected chi connectivity index (χ3v) is 6.15. The third-order valence-electron chi connectivity index (χ3n) is 6.15. The summed E-state index contributed by atoms with van der Waals surface area (Å²) in [7, 11) is 0. The van der Waals surface area contributed by atoms with Gasteiger partial charge in [0.25, 0.3) is 0 Å². The van der Waals surface area contributed by atoms with Crippen LogP contribution < -0.4 is 15.0 Å². The highest BCUT2D eigenvalue weighted by Crippen LogP contribution is 2.43. The number of hydrogen-bond acceptors (Lipinski definition) is 5. The van der Waals surface area contributed by atoms with E-state index in [0.717, 1.165) is 37.3 Å². The van der Waals surface area contributed by atoms with Gasteiger partial charge in [0.15, 0.2) is 17.4 Å². The molecule has 2 aliphatic heterocycles. The minimum Gasteiger partial charge on any atom is -0.426 e. The molecule has 3 heterocycles. The maximum absolute atomic E-state index is 14.9. The van der Waals surface area contributed by atoms with Crippen LogP contribution in [0.4, 0.5) is 23.2 Å². The fourth-order valence-corrected chi connectivity index (χ4v) is 4.47. The second-order valence-electron chi connectivity index (χ2n) is 8.96. The molecule has 178 valence electrons. The summed E-state index contributed by atoms with van der Waals surface area (Å²) < 4.78 is 62.3. The van der Waals surface area contributed by atoms with Gasteiger partial charge in [0.2, 0.25) is 0 Å². The fraction of sp³-hybridized carbons (Fsp3) is 0.360. The highest BCUT2D eigenvalue weighted by Gasteiger charge is 2.43. The number of ether oxygens (including phenoxy) is 1. The minimum absolute atomic E-state index is 0.0881. The van der Waals surface area contributed by atoms with Crippen molar-refractivity contribution >= 4 is 5.69 Å². The van der Waals surface area contributed by atoms with E-state index in [-0.39, 0.29) is 23.0 Å². The van der Waals surface area contributed by atoms with Crippen molar-refractivity contribution in [1.29, 1.82) is 0 Å². The first-order chi connectivity index (χ1) is 16.2. The number of aromatic nitrogens is 2. The van der Waals surface area contributed by atoms with Crippen molar-refractivity contribution in [1.82, 2.24) is 15.3 Å². The first-order valence-corrected chi connectivity index (χ1v) is 11.2. The molecule has 0 bridgehead atoms. The first kappa shape index (κ1) is 22.6. The smallest absolute Gasteiger partial charge is 0.416 e. The van der Waals surface area contributed by atoms with Gasteiger partial charge in [-0.25, -0.2) is 18.7 Å². The summed E-state index contributed by atoms with van der Waals surface area (Å²) in [5.41, 5.74) is 3.70. The molecule has 1 aromatic heterocycles. The molecule has 1 N–H and O–H groups in total. The summed E-state index contributed by atoms with van der Waals surface area (Å²) in [5, 5.41) is 3.33. The van der Waals surface area contributed by atoms with E-state index >= 15 is 0 Å². The predicted molar refractivity (Wildman–Crippen MR) is 120 cm³/mol. The lowest BCUT2D eigenvalue weighted by atomic mass is 9.97. The molecule has 0 spiro atoms. The molecular formula is C25H24F4N4O. The summed E-state index contributed by atoms with van der Waals surface area (Å²) in [4.78, 5) is 9.82. The lowest BCUT2D eigenvalue weighted by Crippen LogP contribution is -2.48. The molecule has 5 rings (SSSR count). The summed E-state index contributed by atoms with van der Waals surface area (Å²) in [5.74, 6) is -1.89. The van der Waals surface area contributed by atoms with Crippen LogP contribution in [-0.2, 0) is 19.4 Å². The summed E-state index contributed by atoms with van der Waals surface area (Å²) >= 11 is 0. The average molecular weight is 472 g/mol. The van der Waals surface area contributed by atoms with Crippen LogP contribution in [0.2, 0.25) is 0 Å². The molecule has 0 radical (unpaired) electrons. The van der Waals surface area contributed by atoms with Crippen LogP contribution in [-0.4, -0.2) is 35.2 Å². The summed E-state index contributed by atoms with van der Waals surface area (Å²) in [6.07, 6.45) is -1.16. The van der Waals surface area contributed by atoms with E-state index in [4.69, 9.17) is 0 Å². The van der Waals surface area contributed by atoms with Crippen LogP contribution >= 0.6 is 0 Å². The van der Waals surface area contributed by atoms with Crippen LogP contribution in [0.1, 0.15) is 36.4 Å². The van der Waals surface area contributed by atoms with E-state index in [1.54, 1.807) is 13.8 Å². The topological polar surface area (TPSA) is 50.3 Å². The highest BCUT2D eigenvalue weighted by molar-refractivity contribution is 5.72. The monoisotopic (exact) mass is 472 g/mol. The Labute approximate surface area is 194 Å². The Balaban J connectivity index is 1.51. The first-order valence-electron chi connectivity index (χ1n) is 11.2. The Morgan fingerprint density at radius 3 is 2.74 bits per heavy atom. The van der Waals surface area contributed by atoms with Crippen molar-refractivity contribution in [3.8, 4) is 17.0 Å². The van der Waals surface area contributed by atoms with E-state index in [2.05, 4.69) is 32.2 Å². The zero-order chi connectivity index (χ0) is 24.0. The summed E-state index contributed by atoms with van der Waals surface area (Å²) in [6, 6.07) is 8.23. The van der Waals surface area contributed by atoms with Crippen LogP contribution in [0.25, 0.3) is 11.3 Å². The van der Waals surface area contributed by atoms with E-state index in [9.17, 15) is 17.6 Å². The maximum Gasteiger partial charge on any atom is 0.416 e. The van der Waals surface area contributed by atoms with Crippen LogP contribution in [0.5, 0.6) is 5.75 Å². The predicted octanol–water partition coefficient (Wildman–Crippen LogP) is 4.86. The van der Waals surface area contributed by atoms with Crippen molar-refractivity contribution < 1.29 is 22.3 Å². The molecular weight excluding hydrogens is 448 g/mol. The zero-order valence-electron chi connectivity index (χ0n) is 18.8. The Kier molecular flexibility index (Phi) is 5.67. The largest absolute Gasteiger partial charge is 0.426 e. The lowest BCUT2D eigenvalue weighted by Gasteiger charge is -2.38. The second-order valence-corrected chi connectivity index (χ2v) is 8.96. The van der Waals surface area contributed by atoms with E-state index < -0.39 is 30.0 Å². The van der Waals surface area contributed by atoms with Crippen molar-refractivity contribution in [2.75, 3.05) is 18.0 Å². The Hall–Kier alpha value is -3.20. The number of nitrogens with zero attached hydrogens (tertiary/aromatic N) is 3. The molecule has 3 aromatic rings. The van der Waals surface area contributed by atoms with Crippen molar-refractivity contribution in [3.63, 3.8) is 0 Å². The van der Waals surface area contributed by atoms with E-state index in [1.807, 2.05) is 6.07 Å². The van der Waals surface area contributed by atoms with Gasteiger partial charge >= 0.3 is 6.11 Å². The number of nitrogens with one attached hydrogen (secondary N) is 1. The lowest BCUT2D eigenvalue weighted by molar-refractivity contribution is -0.174. The Morgan fingerprint density at radius 1 is 1.12 bits per heavy atom. The Morgan fingerprint density at radius 2 is 1.94 bits per heavy atom. The fourth-order valence-electron chi connectivity index (χ4n) is 4.47. The molecule has 0 unspecified atom stereocenters. The van der Waals surface area contributed by atoms with E-state index in [1.165, 1.54) is 22.1 Å². The molecule has 0 fully saturated rings. The molecule has 5 nitrogen and oxygen atoms in total. The minimum atomic E-state index is -3.53. The van der Waals surface area contributed by atoms with Crippen LogP contribution in [0.15, 0.2) is 36.5 Å². The maximum atomic E-state index is 14.9. The standard InChI is InChI=1S/C25H24F4N4O/c1-14(2)33-13-25(28,29)34-24-19(26)9-18(10-21(24)33)23-20(27)12-31-22(32-23)8-15-3-4-17-11-30-6-5-16(17)7-15/h3-4,7,9-10,12,14,30H,5-6,8,11,13H2,1-2H3. The SMILES string of the molecule is CC(C)N1CC(F)(F)Oc2c(F)cc(-c3nc(Cc4ccc5c(c4)CCNC5)ncc3F)cc21. The summed E-state index contributed by atoms with van der Waals surface area (Å²) in [6.45, 7) is 4.45. The van der Waals surface area contributed by atoms with Crippen LogP contribution in [0, 0.1) is 11.6 Å². The molecule has 0 aliphatic carbocycles. The van der Waals surface area contributed by atoms with Crippen LogP contribution in [0.3, 0.4) is 0 Å². The van der Waals surface area contributed by atoms with Gasteiger partial charge < -0.3 is 15.0 Å². The second kappa shape index (κ2) is 8.54. The highest BCUT2D eigenvalue weighted by atomic mass is 19.3. The number of fused-ring (bicyclic) bond motifs is 2. The van der Waals surface area contributed by atoms with Gasteiger partial charge in [0.1, 0.15) is 18.1 Å². The molecule has 2 aliphatic rings. The van der Waals surface area contributed by atoms with Gasteiger partial charge in [0.05, 0.1) is 11.9 Å². The quantitative estimate of drug-likeness (QED) is 0.550. The zero-order valence-corrected chi connectivity index (χ0v) is 18.8. The third kappa shape index (κ3) is 4.32.